The van der Waals surface area contributed by atoms with E-state index in [0.29, 0.717) is 6.42 Å². The molecule has 0 saturated heterocycles. The molecular weight excluding hydrogens is 253 g/mol. The van der Waals surface area contributed by atoms with Crippen molar-refractivity contribution in [2.75, 3.05) is 6.54 Å². The van der Waals surface area contributed by atoms with Crippen molar-refractivity contribution in [3.8, 4) is 0 Å². The number of fused-ring (bicyclic) bond motifs is 1. The zero-order chi connectivity index (χ0) is 13.9. The predicted octanol–water partition coefficient (Wildman–Crippen LogP) is 3.27. The SMILES string of the molecule is OC(CCN1Cc2ccccc2C1)c1ccc(F)cc1. The maximum Gasteiger partial charge on any atom is 0.123 e. The highest BCUT2D eigenvalue weighted by Gasteiger charge is 2.19. The Morgan fingerprint density at radius 1 is 1.00 bits per heavy atom. The number of hydrogen-bond donors (Lipinski definition) is 1. The highest BCUT2D eigenvalue weighted by atomic mass is 19.1. The van der Waals surface area contributed by atoms with Gasteiger partial charge in [-0.3, -0.25) is 4.90 Å². The van der Waals surface area contributed by atoms with Crippen molar-refractivity contribution >= 4 is 0 Å². The Hall–Kier alpha value is -1.71. The van der Waals surface area contributed by atoms with E-state index in [1.165, 1.54) is 23.3 Å². The minimum Gasteiger partial charge on any atom is -0.388 e. The van der Waals surface area contributed by atoms with E-state index in [1.54, 1.807) is 12.1 Å². The molecule has 1 atom stereocenters. The van der Waals surface area contributed by atoms with Crippen LogP contribution in [0.25, 0.3) is 0 Å². The number of aliphatic hydroxyl groups is 1. The van der Waals surface area contributed by atoms with E-state index in [4.69, 9.17) is 0 Å². The summed E-state index contributed by atoms with van der Waals surface area (Å²) >= 11 is 0. The second-order valence-corrected chi connectivity index (χ2v) is 5.34. The van der Waals surface area contributed by atoms with Gasteiger partial charge in [0.15, 0.2) is 0 Å². The van der Waals surface area contributed by atoms with Crippen LogP contribution in [0.4, 0.5) is 4.39 Å². The number of benzene rings is 2. The van der Waals surface area contributed by atoms with Crippen molar-refractivity contribution in [2.45, 2.75) is 25.6 Å². The van der Waals surface area contributed by atoms with Gasteiger partial charge >= 0.3 is 0 Å². The molecule has 3 rings (SSSR count). The number of nitrogens with zero attached hydrogens (tertiary/aromatic N) is 1. The molecule has 1 heterocycles. The third kappa shape index (κ3) is 2.89. The number of halogens is 1. The van der Waals surface area contributed by atoms with Gasteiger partial charge < -0.3 is 5.11 Å². The van der Waals surface area contributed by atoms with E-state index in [1.807, 2.05) is 0 Å². The van der Waals surface area contributed by atoms with Gasteiger partial charge in [-0.15, -0.1) is 0 Å². The van der Waals surface area contributed by atoms with E-state index in [2.05, 4.69) is 29.2 Å². The average molecular weight is 271 g/mol. The number of rotatable bonds is 4. The maximum absolute atomic E-state index is 12.8. The first kappa shape index (κ1) is 13.3. The molecule has 0 bridgehead atoms. The zero-order valence-corrected chi connectivity index (χ0v) is 11.3. The predicted molar refractivity (Wildman–Crippen MR) is 76.5 cm³/mol. The van der Waals surface area contributed by atoms with Gasteiger partial charge in [-0.2, -0.15) is 0 Å². The monoisotopic (exact) mass is 271 g/mol. The van der Waals surface area contributed by atoms with Gasteiger partial charge in [-0.05, 0) is 35.2 Å². The fourth-order valence-corrected chi connectivity index (χ4v) is 2.72. The quantitative estimate of drug-likeness (QED) is 0.922. The molecule has 104 valence electrons. The number of aliphatic hydroxyl groups excluding tert-OH is 1. The summed E-state index contributed by atoms with van der Waals surface area (Å²) in [5.41, 5.74) is 3.54. The minimum atomic E-state index is -0.528. The van der Waals surface area contributed by atoms with E-state index < -0.39 is 6.10 Å². The van der Waals surface area contributed by atoms with Crippen LogP contribution >= 0.6 is 0 Å². The average Bonchev–Trinajstić information content (AvgIpc) is 2.88. The van der Waals surface area contributed by atoms with Crippen molar-refractivity contribution in [1.29, 1.82) is 0 Å². The normalized spacial score (nSPS) is 16.1. The summed E-state index contributed by atoms with van der Waals surface area (Å²) in [4.78, 5) is 2.33. The largest absolute Gasteiger partial charge is 0.388 e. The van der Waals surface area contributed by atoms with Crippen LogP contribution in [0.1, 0.15) is 29.2 Å². The van der Waals surface area contributed by atoms with E-state index in [-0.39, 0.29) is 5.82 Å². The van der Waals surface area contributed by atoms with E-state index in [9.17, 15) is 9.50 Å². The molecular formula is C17H18FNO. The van der Waals surface area contributed by atoms with E-state index >= 15 is 0 Å². The second-order valence-electron chi connectivity index (χ2n) is 5.34. The molecule has 0 radical (unpaired) electrons. The smallest absolute Gasteiger partial charge is 0.123 e. The lowest BCUT2D eigenvalue weighted by molar-refractivity contribution is 0.141. The standard InChI is InChI=1S/C17H18FNO/c18-16-7-5-13(6-8-16)17(20)9-10-19-11-14-3-1-2-4-15(14)12-19/h1-8,17,20H,9-12H2. The van der Waals surface area contributed by atoms with Gasteiger partial charge in [-0.1, -0.05) is 36.4 Å². The molecule has 0 amide bonds. The van der Waals surface area contributed by atoms with Crippen LogP contribution in [0.5, 0.6) is 0 Å². The van der Waals surface area contributed by atoms with Gasteiger partial charge in [-0.25, -0.2) is 4.39 Å². The van der Waals surface area contributed by atoms with Crippen molar-refractivity contribution < 1.29 is 9.50 Å². The molecule has 1 unspecified atom stereocenters. The third-order valence-electron chi connectivity index (χ3n) is 3.88. The van der Waals surface area contributed by atoms with Crippen molar-refractivity contribution in [3.05, 3.63) is 71.0 Å². The van der Waals surface area contributed by atoms with Crippen molar-refractivity contribution in [1.82, 2.24) is 4.90 Å². The molecule has 2 aromatic carbocycles. The summed E-state index contributed by atoms with van der Waals surface area (Å²) in [5.74, 6) is -0.268. The van der Waals surface area contributed by atoms with Crippen LogP contribution in [0, 0.1) is 5.82 Å². The molecule has 0 spiro atoms. The molecule has 1 N–H and O–H groups in total. The lowest BCUT2D eigenvalue weighted by Crippen LogP contribution is -2.19. The van der Waals surface area contributed by atoms with Gasteiger partial charge in [0.1, 0.15) is 5.82 Å². The third-order valence-corrected chi connectivity index (χ3v) is 3.88. The Morgan fingerprint density at radius 3 is 2.20 bits per heavy atom. The van der Waals surface area contributed by atoms with Crippen LogP contribution < -0.4 is 0 Å². The summed E-state index contributed by atoms with van der Waals surface area (Å²) in [6, 6.07) is 14.5. The Labute approximate surface area is 118 Å². The molecule has 0 aromatic heterocycles. The molecule has 2 nitrogen and oxygen atoms in total. The molecule has 0 aliphatic carbocycles. The Kier molecular flexibility index (Phi) is 3.81. The first-order valence-corrected chi connectivity index (χ1v) is 6.95. The second kappa shape index (κ2) is 5.73. The summed E-state index contributed by atoms with van der Waals surface area (Å²) in [5, 5.41) is 10.1. The molecule has 0 saturated carbocycles. The van der Waals surface area contributed by atoms with Crippen molar-refractivity contribution in [2.24, 2.45) is 0 Å². The van der Waals surface area contributed by atoms with Gasteiger partial charge in [0.2, 0.25) is 0 Å². The molecule has 1 aliphatic heterocycles. The first-order valence-electron chi connectivity index (χ1n) is 6.95. The van der Waals surface area contributed by atoms with Crippen LogP contribution in [0.2, 0.25) is 0 Å². The Balaban J connectivity index is 1.55. The van der Waals surface area contributed by atoms with Gasteiger partial charge in [0.25, 0.3) is 0 Å². The van der Waals surface area contributed by atoms with Crippen LogP contribution in [0.3, 0.4) is 0 Å². The maximum atomic E-state index is 12.8. The fourth-order valence-electron chi connectivity index (χ4n) is 2.72. The number of hydrogen-bond acceptors (Lipinski definition) is 2. The Morgan fingerprint density at radius 2 is 1.60 bits per heavy atom. The molecule has 3 heteroatoms. The molecule has 20 heavy (non-hydrogen) atoms. The van der Waals surface area contributed by atoms with Gasteiger partial charge in [0.05, 0.1) is 6.10 Å². The lowest BCUT2D eigenvalue weighted by Gasteiger charge is -2.17. The highest BCUT2D eigenvalue weighted by molar-refractivity contribution is 5.30. The summed E-state index contributed by atoms with van der Waals surface area (Å²) in [6.07, 6.45) is 0.138. The van der Waals surface area contributed by atoms with Crippen LogP contribution in [-0.4, -0.2) is 16.6 Å². The summed E-state index contributed by atoms with van der Waals surface area (Å²) in [7, 11) is 0. The molecule has 0 fully saturated rings. The fraction of sp³-hybridized carbons (Fsp3) is 0.294. The molecule has 1 aliphatic rings. The van der Waals surface area contributed by atoms with Crippen LogP contribution in [-0.2, 0) is 13.1 Å². The first-order chi connectivity index (χ1) is 9.72. The summed E-state index contributed by atoms with van der Waals surface area (Å²) in [6.45, 7) is 2.74. The van der Waals surface area contributed by atoms with E-state index in [0.717, 1.165) is 25.2 Å². The highest BCUT2D eigenvalue weighted by Crippen LogP contribution is 2.24. The lowest BCUT2D eigenvalue weighted by atomic mass is 10.1. The molecule has 2 aromatic rings. The van der Waals surface area contributed by atoms with Crippen molar-refractivity contribution in [3.63, 3.8) is 0 Å². The Bertz CT molecular complexity index is 557. The van der Waals surface area contributed by atoms with Gasteiger partial charge in [0, 0.05) is 19.6 Å². The topological polar surface area (TPSA) is 23.5 Å². The van der Waals surface area contributed by atoms with Crippen LogP contribution in [0.15, 0.2) is 48.5 Å². The minimum absolute atomic E-state index is 0.268. The summed E-state index contributed by atoms with van der Waals surface area (Å²) < 4.78 is 12.8. The zero-order valence-electron chi connectivity index (χ0n) is 11.3.